The van der Waals surface area contributed by atoms with Crippen LogP contribution in [0.4, 0.5) is 0 Å². The molecule has 5 aromatic rings. The molecule has 8 nitrogen and oxygen atoms in total. The molecule has 282 valence electrons. The largest absolute Gasteiger partial charge is 0.494 e. The molecular formula is C44H57N3O5Si. The molecule has 2 atom stereocenters. The quantitative estimate of drug-likeness (QED) is 0.0669. The number of hydrogen-bond donors (Lipinski definition) is 4. The average molecular weight is 736 g/mol. The highest BCUT2D eigenvalue weighted by Gasteiger charge is 2.39. The summed E-state index contributed by atoms with van der Waals surface area (Å²) < 4.78 is 18.9. The number of carbonyl (C=O) groups excluding carboxylic acids is 1. The normalized spacial score (nSPS) is 13.1. The van der Waals surface area contributed by atoms with E-state index in [-0.39, 0.29) is 29.7 Å². The van der Waals surface area contributed by atoms with Crippen molar-refractivity contribution in [3.63, 3.8) is 0 Å². The number of para-hydroxylation sites is 1. The number of aliphatic hydroxyl groups excluding tert-OH is 1. The molecule has 1 amide bonds. The number of H-pyrrole nitrogens is 1. The van der Waals surface area contributed by atoms with Gasteiger partial charge in [-0.25, -0.2) is 0 Å². The van der Waals surface area contributed by atoms with Crippen LogP contribution < -0.4 is 20.1 Å². The summed E-state index contributed by atoms with van der Waals surface area (Å²) in [5.74, 6) is 1.30. The van der Waals surface area contributed by atoms with Gasteiger partial charge in [-0.15, -0.1) is 0 Å². The molecule has 1 aromatic heterocycles. The summed E-state index contributed by atoms with van der Waals surface area (Å²) >= 11 is 0. The van der Waals surface area contributed by atoms with Gasteiger partial charge in [0.1, 0.15) is 23.8 Å². The van der Waals surface area contributed by atoms with Crippen LogP contribution in [0.25, 0.3) is 10.9 Å². The molecule has 4 N–H and O–H groups in total. The van der Waals surface area contributed by atoms with Crippen LogP contribution in [0, 0.1) is 0 Å². The van der Waals surface area contributed by atoms with Crippen molar-refractivity contribution in [2.45, 2.75) is 97.5 Å². The lowest BCUT2D eigenvalue weighted by Gasteiger charge is -2.40. The molecule has 9 heteroatoms. The van der Waals surface area contributed by atoms with E-state index in [1.807, 2.05) is 79.7 Å². The molecule has 53 heavy (non-hydrogen) atoms. The first-order valence-electron chi connectivity index (χ1n) is 18.8. The van der Waals surface area contributed by atoms with Crippen LogP contribution in [0.2, 0.25) is 18.1 Å². The van der Waals surface area contributed by atoms with E-state index in [9.17, 15) is 9.90 Å². The van der Waals surface area contributed by atoms with E-state index in [2.05, 4.69) is 80.7 Å². The van der Waals surface area contributed by atoms with Crippen LogP contribution in [0.3, 0.4) is 0 Å². The SMILES string of the molecule is CCOc1ccccc1CNC(=O)c1cc2cc(C[C@H](CC)NC[C@@H](O[Si](C)(C)C(C)(C)C)c3ccc(OCc4ccccc4)c(CO)c3)ccc2[nH]1. The summed E-state index contributed by atoms with van der Waals surface area (Å²) in [6.07, 6.45) is 1.56. The molecule has 0 radical (unpaired) electrons. The van der Waals surface area contributed by atoms with Crippen LogP contribution in [0.5, 0.6) is 11.5 Å². The number of rotatable bonds is 18. The van der Waals surface area contributed by atoms with Crippen molar-refractivity contribution < 1.29 is 23.8 Å². The molecule has 0 spiro atoms. The van der Waals surface area contributed by atoms with Crippen LogP contribution in [0.15, 0.2) is 97.1 Å². The highest BCUT2D eigenvalue weighted by molar-refractivity contribution is 6.74. The van der Waals surface area contributed by atoms with Gasteiger partial charge in [-0.2, -0.15) is 0 Å². The summed E-state index contributed by atoms with van der Waals surface area (Å²) in [6, 6.07) is 32.4. The topological polar surface area (TPSA) is 105 Å². The first-order valence-corrected chi connectivity index (χ1v) is 21.7. The number of aromatic amines is 1. The summed E-state index contributed by atoms with van der Waals surface area (Å²) in [4.78, 5) is 16.4. The molecular weight excluding hydrogens is 679 g/mol. The van der Waals surface area contributed by atoms with Gasteiger partial charge < -0.3 is 34.6 Å². The number of carbonyl (C=O) groups is 1. The van der Waals surface area contributed by atoms with E-state index in [0.29, 0.717) is 37.7 Å². The van der Waals surface area contributed by atoms with Crippen molar-refractivity contribution >= 4 is 25.1 Å². The van der Waals surface area contributed by atoms with Gasteiger partial charge in [0.05, 0.1) is 19.3 Å². The first-order chi connectivity index (χ1) is 25.4. The Hall–Kier alpha value is -4.41. The Bertz CT molecular complexity index is 1930. The van der Waals surface area contributed by atoms with E-state index in [4.69, 9.17) is 13.9 Å². The van der Waals surface area contributed by atoms with Gasteiger partial charge in [0, 0.05) is 41.2 Å². The maximum atomic E-state index is 13.1. The van der Waals surface area contributed by atoms with E-state index >= 15 is 0 Å². The van der Waals surface area contributed by atoms with Gasteiger partial charge in [-0.1, -0.05) is 88.4 Å². The monoisotopic (exact) mass is 735 g/mol. The minimum absolute atomic E-state index is 0.0314. The zero-order valence-corrected chi connectivity index (χ0v) is 33.4. The lowest BCUT2D eigenvalue weighted by Crippen LogP contribution is -2.44. The molecule has 0 saturated heterocycles. The molecule has 0 unspecified atom stereocenters. The number of aromatic nitrogens is 1. The fourth-order valence-electron chi connectivity index (χ4n) is 6.13. The summed E-state index contributed by atoms with van der Waals surface area (Å²) in [5, 5.41) is 18.2. The minimum Gasteiger partial charge on any atom is -0.494 e. The molecule has 0 bridgehead atoms. The third kappa shape index (κ3) is 10.6. The first kappa shape index (κ1) is 39.8. The summed E-state index contributed by atoms with van der Waals surface area (Å²) in [6.45, 7) is 17.4. The Morgan fingerprint density at radius 1 is 0.849 bits per heavy atom. The van der Waals surface area contributed by atoms with Crippen LogP contribution in [0.1, 0.15) is 85.4 Å². The molecule has 0 saturated carbocycles. The number of ether oxygens (including phenoxy) is 2. The third-order valence-corrected chi connectivity index (χ3v) is 14.8. The van der Waals surface area contributed by atoms with Gasteiger partial charge in [0.15, 0.2) is 8.32 Å². The molecule has 0 aliphatic heterocycles. The second-order valence-electron chi connectivity index (χ2n) is 15.2. The molecule has 0 aliphatic carbocycles. The van der Waals surface area contributed by atoms with Crippen molar-refractivity contribution in [3.8, 4) is 11.5 Å². The molecule has 4 aromatic carbocycles. The van der Waals surface area contributed by atoms with Crippen LogP contribution in [-0.4, -0.2) is 43.5 Å². The number of fused-ring (bicyclic) bond motifs is 1. The Kier molecular flexibility index (Phi) is 13.6. The number of nitrogens with one attached hydrogen (secondary N) is 3. The second-order valence-corrected chi connectivity index (χ2v) is 20.0. The van der Waals surface area contributed by atoms with Crippen molar-refractivity contribution in [2.75, 3.05) is 13.2 Å². The van der Waals surface area contributed by atoms with Gasteiger partial charge in [0.25, 0.3) is 5.91 Å². The van der Waals surface area contributed by atoms with E-state index in [1.54, 1.807) is 0 Å². The zero-order chi connectivity index (χ0) is 38.0. The van der Waals surface area contributed by atoms with Gasteiger partial charge in [-0.05, 0) is 91.0 Å². The lowest BCUT2D eigenvalue weighted by atomic mass is 10.0. The van der Waals surface area contributed by atoms with Gasteiger partial charge in [0.2, 0.25) is 0 Å². The lowest BCUT2D eigenvalue weighted by molar-refractivity contribution is 0.0946. The fourth-order valence-corrected chi connectivity index (χ4v) is 7.41. The van der Waals surface area contributed by atoms with Gasteiger partial charge in [-0.3, -0.25) is 4.79 Å². The van der Waals surface area contributed by atoms with Crippen molar-refractivity contribution in [2.24, 2.45) is 0 Å². The maximum Gasteiger partial charge on any atom is 0.267 e. The number of amides is 1. The van der Waals surface area contributed by atoms with Crippen molar-refractivity contribution in [3.05, 3.63) is 131 Å². The van der Waals surface area contributed by atoms with E-state index < -0.39 is 8.32 Å². The molecule has 5 rings (SSSR count). The number of hydrogen-bond acceptors (Lipinski definition) is 6. The molecule has 1 heterocycles. The highest BCUT2D eigenvalue weighted by Crippen LogP contribution is 2.40. The average Bonchev–Trinajstić information content (AvgIpc) is 3.58. The van der Waals surface area contributed by atoms with E-state index in [0.717, 1.165) is 51.7 Å². The van der Waals surface area contributed by atoms with E-state index in [1.165, 1.54) is 5.56 Å². The summed E-state index contributed by atoms with van der Waals surface area (Å²) in [5.41, 5.74) is 6.43. The molecule has 0 aliphatic rings. The predicted octanol–water partition coefficient (Wildman–Crippen LogP) is 9.24. The fraction of sp³-hybridized carbons (Fsp3) is 0.386. The standard InChI is InChI=1S/C44H57N3O5Si/c1-8-37(24-32-19-21-38-35(23-32)26-39(47-38)43(49)46-27-34-17-13-14-18-40(34)50-9-2)45-28-42(52-53(6,7)44(3,4)5)33-20-22-41(36(25-33)29-48)51-30-31-15-11-10-12-16-31/h10-23,25-26,37,42,45,47-48H,8-9,24,27-30H2,1-7H3,(H,46,49)/t37-,42+/m0/s1. The smallest absolute Gasteiger partial charge is 0.267 e. The summed E-state index contributed by atoms with van der Waals surface area (Å²) in [7, 11) is -2.15. The Labute approximate surface area is 316 Å². The van der Waals surface area contributed by atoms with Crippen molar-refractivity contribution in [1.29, 1.82) is 0 Å². The van der Waals surface area contributed by atoms with Crippen LogP contribution >= 0.6 is 0 Å². The number of aliphatic hydroxyl groups is 1. The molecule has 0 fully saturated rings. The third-order valence-electron chi connectivity index (χ3n) is 10.3. The number of benzene rings is 4. The Morgan fingerprint density at radius 3 is 2.30 bits per heavy atom. The Balaban J connectivity index is 1.27. The minimum atomic E-state index is -2.15. The Morgan fingerprint density at radius 2 is 1.58 bits per heavy atom. The zero-order valence-electron chi connectivity index (χ0n) is 32.4. The van der Waals surface area contributed by atoms with Crippen LogP contribution in [-0.2, 0) is 30.6 Å². The second kappa shape index (κ2) is 18.1. The predicted molar refractivity (Wildman–Crippen MR) is 217 cm³/mol. The van der Waals surface area contributed by atoms with Gasteiger partial charge >= 0.3 is 0 Å². The maximum absolute atomic E-state index is 13.1. The highest BCUT2D eigenvalue weighted by atomic mass is 28.4. The van der Waals surface area contributed by atoms with Crippen molar-refractivity contribution in [1.82, 2.24) is 15.6 Å².